The van der Waals surface area contributed by atoms with Crippen molar-refractivity contribution in [3.63, 3.8) is 0 Å². The van der Waals surface area contributed by atoms with Gasteiger partial charge in [0.15, 0.2) is 0 Å². The topological polar surface area (TPSA) is 90.3 Å². The molecule has 0 bridgehead atoms. The zero-order valence-corrected chi connectivity index (χ0v) is 17.7. The minimum Gasteiger partial charge on any atom is -0.469 e. The van der Waals surface area contributed by atoms with Gasteiger partial charge in [-0.25, -0.2) is 17.8 Å². The quantitative estimate of drug-likeness (QED) is 0.574. The number of benzene rings is 2. The smallest absolute Gasteiger partial charge is 0.416 e. The van der Waals surface area contributed by atoms with Gasteiger partial charge in [0.2, 0.25) is 10.0 Å². The molecule has 0 saturated carbocycles. The highest BCUT2D eigenvalue weighted by Gasteiger charge is 2.33. The molecular formula is C20H20F3N3O4S. The predicted molar refractivity (Wildman–Crippen MR) is 107 cm³/mol. The molecule has 2 aromatic carbocycles. The van der Waals surface area contributed by atoms with Crippen LogP contribution >= 0.6 is 0 Å². The number of carbonyl (C=O) groups is 1. The van der Waals surface area contributed by atoms with Crippen LogP contribution in [-0.2, 0) is 25.7 Å². The normalized spacial score (nSPS) is 13.4. The van der Waals surface area contributed by atoms with Gasteiger partial charge in [0.1, 0.15) is 0 Å². The summed E-state index contributed by atoms with van der Waals surface area (Å²) in [6.07, 6.45) is -3.07. The van der Waals surface area contributed by atoms with Crippen molar-refractivity contribution in [1.29, 1.82) is 0 Å². The number of methoxy groups -OCH3 is 1. The van der Waals surface area contributed by atoms with Crippen molar-refractivity contribution < 1.29 is 31.1 Å². The van der Waals surface area contributed by atoms with E-state index in [9.17, 15) is 26.4 Å². The molecule has 0 aliphatic rings. The van der Waals surface area contributed by atoms with E-state index in [1.54, 1.807) is 13.0 Å². The van der Waals surface area contributed by atoms with Gasteiger partial charge in [-0.1, -0.05) is 19.1 Å². The van der Waals surface area contributed by atoms with Gasteiger partial charge in [-0.15, -0.1) is 0 Å². The Labute approximate surface area is 176 Å². The standard InChI is InChI=1S/C20H20F3N3O4S/c1-4-13(19(27)30-3)14-9-8-12(20(21,22)23)10-17(14)26-16-6-5-7-18(15(16)11-25-26)31(28,29)24-2/h5-11,13,24H,4H2,1-3H3. The Bertz CT molecular complexity index is 1240. The van der Waals surface area contributed by atoms with Gasteiger partial charge in [0.05, 0.1) is 40.9 Å². The summed E-state index contributed by atoms with van der Waals surface area (Å²) in [5.74, 6) is -1.43. The van der Waals surface area contributed by atoms with Crippen LogP contribution in [-0.4, -0.2) is 38.3 Å². The number of carbonyl (C=O) groups excluding carboxylic acids is 1. The fourth-order valence-electron chi connectivity index (χ4n) is 3.41. The molecule has 0 aliphatic carbocycles. The summed E-state index contributed by atoms with van der Waals surface area (Å²) in [6, 6.07) is 7.40. The third-order valence-corrected chi connectivity index (χ3v) is 6.46. The second kappa shape index (κ2) is 8.31. The van der Waals surface area contributed by atoms with E-state index >= 15 is 0 Å². The Balaban J connectivity index is 2.34. The van der Waals surface area contributed by atoms with Crippen molar-refractivity contribution in [1.82, 2.24) is 14.5 Å². The fourth-order valence-corrected chi connectivity index (χ4v) is 4.34. The number of nitrogens with one attached hydrogen (secondary N) is 1. The van der Waals surface area contributed by atoms with Crippen molar-refractivity contribution in [3.05, 3.63) is 53.7 Å². The molecule has 166 valence electrons. The third-order valence-electron chi connectivity index (χ3n) is 4.99. The summed E-state index contributed by atoms with van der Waals surface area (Å²) < 4.78 is 73.2. The lowest BCUT2D eigenvalue weighted by Crippen LogP contribution is -2.19. The molecule has 1 atom stereocenters. The number of ether oxygens (including phenoxy) is 1. The van der Waals surface area contributed by atoms with Crippen LogP contribution in [0.1, 0.15) is 30.4 Å². The van der Waals surface area contributed by atoms with Crippen LogP contribution in [0.25, 0.3) is 16.6 Å². The summed E-state index contributed by atoms with van der Waals surface area (Å²) >= 11 is 0. The third kappa shape index (κ3) is 4.15. The van der Waals surface area contributed by atoms with Gasteiger partial charge in [-0.2, -0.15) is 18.3 Å². The van der Waals surface area contributed by atoms with Crippen LogP contribution in [0.2, 0.25) is 0 Å². The number of fused-ring (bicyclic) bond motifs is 1. The van der Waals surface area contributed by atoms with E-state index in [1.165, 1.54) is 43.2 Å². The molecule has 0 spiro atoms. The van der Waals surface area contributed by atoms with Crippen LogP contribution in [0.4, 0.5) is 13.2 Å². The number of nitrogens with zero attached hydrogens (tertiary/aromatic N) is 2. The number of sulfonamides is 1. The number of alkyl halides is 3. The van der Waals surface area contributed by atoms with E-state index in [0.29, 0.717) is 0 Å². The van der Waals surface area contributed by atoms with Crippen LogP contribution in [0.5, 0.6) is 0 Å². The maximum absolute atomic E-state index is 13.4. The maximum Gasteiger partial charge on any atom is 0.416 e. The second-order valence-electron chi connectivity index (χ2n) is 6.71. The first-order valence-electron chi connectivity index (χ1n) is 9.24. The molecule has 31 heavy (non-hydrogen) atoms. The van der Waals surface area contributed by atoms with Gasteiger partial charge >= 0.3 is 12.1 Å². The Morgan fingerprint density at radius 1 is 1.26 bits per heavy atom. The maximum atomic E-state index is 13.4. The van der Waals surface area contributed by atoms with Crippen molar-refractivity contribution in [2.24, 2.45) is 0 Å². The molecule has 3 aromatic rings. The lowest BCUT2D eigenvalue weighted by Gasteiger charge is -2.19. The summed E-state index contributed by atoms with van der Waals surface area (Å²) in [6.45, 7) is 1.71. The highest BCUT2D eigenvalue weighted by Crippen LogP contribution is 2.36. The van der Waals surface area contributed by atoms with Crippen molar-refractivity contribution in [2.45, 2.75) is 30.3 Å². The first kappa shape index (κ1) is 22.8. The molecule has 0 aliphatic heterocycles. The molecule has 0 radical (unpaired) electrons. The largest absolute Gasteiger partial charge is 0.469 e. The molecule has 3 rings (SSSR count). The number of rotatable bonds is 6. The molecule has 0 fully saturated rings. The second-order valence-corrected chi connectivity index (χ2v) is 8.56. The van der Waals surface area contributed by atoms with Gasteiger partial charge in [-0.05, 0) is 43.3 Å². The summed E-state index contributed by atoms with van der Waals surface area (Å²) in [7, 11) is -1.37. The number of halogens is 3. The zero-order chi connectivity index (χ0) is 23.0. The molecule has 0 amide bonds. The Morgan fingerprint density at radius 2 is 1.97 bits per heavy atom. The van der Waals surface area contributed by atoms with Gasteiger partial charge in [-0.3, -0.25) is 4.79 Å². The average Bonchev–Trinajstić information content (AvgIpc) is 3.17. The van der Waals surface area contributed by atoms with Crippen molar-refractivity contribution in [2.75, 3.05) is 14.2 Å². The number of hydrogen-bond donors (Lipinski definition) is 1. The van der Waals surface area contributed by atoms with Gasteiger partial charge in [0.25, 0.3) is 0 Å². The Morgan fingerprint density at radius 3 is 2.55 bits per heavy atom. The molecule has 1 unspecified atom stereocenters. The van der Waals surface area contributed by atoms with E-state index < -0.39 is 33.7 Å². The summed E-state index contributed by atoms with van der Waals surface area (Å²) in [4.78, 5) is 12.2. The van der Waals surface area contributed by atoms with Crippen LogP contribution < -0.4 is 4.72 Å². The molecule has 0 saturated heterocycles. The number of hydrogen-bond acceptors (Lipinski definition) is 5. The minimum absolute atomic E-state index is 0.0149. The van der Waals surface area contributed by atoms with Crippen molar-refractivity contribution in [3.8, 4) is 5.69 Å². The molecule has 1 heterocycles. The van der Waals surface area contributed by atoms with E-state index in [4.69, 9.17) is 4.74 Å². The van der Waals surface area contributed by atoms with Crippen molar-refractivity contribution >= 4 is 26.9 Å². The Hall–Kier alpha value is -2.92. The lowest BCUT2D eigenvalue weighted by atomic mass is 9.93. The first-order chi connectivity index (χ1) is 14.5. The molecular weight excluding hydrogens is 435 g/mol. The predicted octanol–water partition coefficient (Wildman–Crippen LogP) is 3.62. The highest BCUT2D eigenvalue weighted by atomic mass is 32.2. The SMILES string of the molecule is CCC(C(=O)OC)c1ccc(C(F)(F)F)cc1-n1ncc2c(S(=O)(=O)NC)cccc21. The monoisotopic (exact) mass is 455 g/mol. The molecule has 1 aromatic heterocycles. The number of aromatic nitrogens is 2. The van der Waals surface area contributed by atoms with Gasteiger partial charge in [0, 0.05) is 5.39 Å². The highest BCUT2D eigenvalue weighted by molar-refractivity contribution is 7.89. The molecule has 1 N–H and O–H groups in total. The van der Waals surface area contributed by atoms with Crippen LogP contribution in [0.3, 0.4) is 0 Å². The van der Waals surface area contributed by atoms with E-state index in [0.717, 1.165) is 12.1 Å². The minimum atomic E-state index is -4.62. The first-order valence-corrected chi connectivity index (χ1v) is 10.7. The van der Waals surface area contributed by atoms with E-state index in [1.807, 2.05) is 0 Å². The fraction of sp³-hybridized carbons (Fsp3) is 0.300. The van der Waals surface area contributed by atoms with E-state index in [-0.39, 0.29) is 33.5 Å². The van der Waals surface area contributed by atoms with E-state index in [2.05, 4.69) is 9.82 Å². The lowest BCUT2D eigenvalue weighted by molar-refractivity contribution is -0.142. The van der Waals surface area contributed by atoms with Crippen LogP contribution in [0.15, 0.2) is 47.5 Å². The average molecular weight is 455 g/mol. The number of esters is 1. The summed E-state index contributed by atoms with van der Waals surface area (Å²) in [5, 5.41) is 4.39. The van der Waals surface area contributed by atoms with Gasteiger partial charge < -0.3 is 4.74 Å². The van der Waals surface area contributed by atoms with Crippen LogP contribution in [0, 0.1) is 0 Å². The zero-order valence-electron chi connectivity index (χ0n) is 16.9. The molecule has 7 nitrogen and oxygen atoms in total. The Kier molecular flexibility index (Phi) is 6.10. The molecule has 11 heteroatoms. The summed E-state index contributed by atoms with van der Waals surface area (Å²) in [5.41, 5.74) is -0.347.